The third kappa shape index (κ3) is 6.56. The Bertz CT molecular complexity index is 249. The highest BCUT2D eigenvalue weighted by Crippen LogP contribution is 2.23. The molecule has 114 valence electrons. The minimum Gasteiger partial charge on any atom is -0.374 e. The van der Waals surface area contributed by atoms with Crippen molar-refractivity contribution in [2.75, 3.05) is 26.2 Å². The van der Waals surface area contributed by atoms with E-state index in [1.54, 1.807) is 0 Å². The lowest BCUT2D eigenvalue weighted by Crippen LogP contribution is -2.54. The van der Waals surface area contributed by atoms with Gasteiger partial charge in [-0.3, -0.25) is 16.2 Å². The SMILES string of the molecule is CCCN1CCOC(C(CCCC(F)(F)F)NN)C1. The van der Waals surface area contributed by atoms with E-state index in [0.717, 1.165) is 26.1 Å². The van der Waals surface area contributed by atoms with Crippen molar-refractivity contribution in [3.8, 4) is 0 Å². The fourth-order valence-corrected chi connectivity index (χ4v) is 2.39. The van der Waals surface area contributed by atoms with Crippen LogP contribution in [-0.2, 0) is 4.74 Å². The van der Waals surface area contributed by atoms with E-state index in [4.69, 9.17) is 10.6 Å². The normalized spacial score (nSPS) is 23.5. The highest BCUT2D eigenvalue weighted by molar-refractivity contribution is 4.82. The van der Waals surface area contributed by atoms with Crippen molar-refractivity contribution in [3.05, 3.63) is 0 Å². The van der Waals surface area contributed by atoms with Crippen LogP contribution >= 0.6 is 0 Å². The predicted octanol–water partition coefficient (Wildman–Crippen LogP) is 1.66. The summed E-state index contributed by atoms with van der Waals surface area (Å²) in [4.78, 5) is 2.27. The van der Waals surface area contributed by atoms with E-state index in [0.29, 0.717) is 13.0 Å². The first-order valence-corrected chi connectivity index (χ1v) is 6.83. The number of nitrogens with zero attached hydrogens (tertiary/aromatic N) is 1. The molecule has 0 saturated carbocycles. The third-order valence-electron chi connectivity index (χ3n) is 3.36. The van der Waals surface area contributed by atoms with Crippen molar-refractivity contribution >= 4 is 0 Å². The minimum atomic E-state index is -4.10. The lowest BCUT2D eigenvalue weighted by molar-refractivity contribution is -0.136. The summed E-state index contributed by atoms with van der Waals surface area (Å²) >= 11 is 0. The number of rotatable bonds is 7. The summed E-state index contributed by atoms with van der Waals surface area (Å²) in [5.74, 6) is 5.44. The first-order valence-electron chi connectivity index (χ1n) is 6.83. The van der Waals surface area contributed by atoms with Gasteiger partial charge in [0, 0.05) is 25.6 Å². The molecule has 0 aromatic heterocycles. The average Bonchev–Trinajstić information content (AvgIpc) is 2.34. The maximum Gasteiger partial charge on any atom is 0.389 e. The van der Waals surface area contributed by atoms with E-state index >= 15 is 0 Å². The molecule has 0 aromatic carbocycles. The van der Waals surface area contributed by atoms with E-state index in [9.17, 15) is 13.2 Å². The van der Waals surface area contributed by atoms with Crippen molar-refractivity contribution < 1.29 is 17.9 Å². The largest absolute Gasteiger partial charge is 0.389 e. The van der Waals surface area contributed by atoms with Gasteiger partial charge in [0.25, 0.3) is 0 Å². The second-order valence-electron chi connectivity index (χ2n) is 4.99. The maximum atomic E-state index is 12.1. The summed E-state index contributed by atoms with van der Waals surface area (Å²) in [6.45, 7) is 5.31. The van der Waals surface area contributed by atoms with Gasteiger partial charge in [-0.25, -0.2) is 0 Å². The Hall–Kier alpha value is -0.370. The van der Waals surface area contributed by atoms with E-state index in [-0.39, 0.29) is 18.6 Å². The summed E-state index contributed by atoms with van der Waals surface area (Å²) in [5.41, 5.74) is 2.60. The van der Waals surface area contributed by atoms with E-state index < -0.39 is 12.6 Å². The Kier molecular flexibility index (Phi) is 7.06. The van der Waals surface area contributed by atoms with Crippen LogP contribution in [-0.4, -0.2) is 49.5 Å². The van der Waals surface area contributed by atoms with Gasteiger partial charge in [0.15, 0.2) is 0 Å². The molecule has 2 unspecified atom stereocenters. The predicted molar refractivity (Wildman–Crippen MR) is 67.5 cm³/mol. The van der Waals surface area contributed by atoms with Gasteiger partial charge in [0.1, 0.15) is 0 Å². The molecule has 0 radical (unpaired) electrons. The van der Waals surface area contributed by atoms with E-state index in [2.05, 4.69) is 17.2 Å². The van der Waals surface area contributed by atoms with Crippen molar-refractivity contribution in [1.29, 1.82) is 0 Å². The van der Waals surface area contributed by atoms with Crippen LogP contribution in [0, 0.1) is 0 Å². The van der Waals surface area contributed by atoms with Crippen LogP contribution in [0.2, 0.25) is 0 Å². The lowest BCUT2D eigenvalue weighted by Gasteiger charge is -2.36. The molecule has 1 aliphatic rings. The highest BCUT2D eigenvalue weighted by atomic mass is 19.4. The second-order valence-corrected chi connectivity index (χ2v) is 4.99. The molecule has 1 rings (SSSR count). The Labute approximate surface area is 112 Å². The molecule has 1 aliphatic heterocycles. The number of hydrogen-bond donors (Lipinski definition) is 2. The average molecular weight is 283 g/mol. The van der Waals surface area contributed by atoms with E-state index in [1.807, 2.05) is 0 Å². The number of alkyl halides is 3. The first kappa shape index (κ1) is 16.7. The molecular weight excluding hydrogens is 259 g/mol. The Balaban J connectivity index is 2.36. The summed E-state index contributed by atoms with van der Waals surface area (Å²) in [5, 5.41) is 0. The van der Waals surface area contributed by atoms with Crippen LogP contribution in [0.25, 0.3) is 0 Å². The van der Waals surface area contributed by atoms with Gasteiger partial charge < -0.3 is 4.74 Å². The number of nitrogens with two attached hydrogens (primary N) is 1. The summed E-state index contributed by atoms with van der Waals surface area (Å²) in [6, 6.07) is -0.220. The molecule has 0 bridgehead atoms. The molecule has 1 fully saturated rings. The number of ether oxygens (including phenoxy) is 1. The fourth-order valence-electron chi connectivity index (χ4n) is 2.39. The van der Waals surface area contributed by atoms with Gasteiger partial charge in [-0.2, -0.15) is 13.2 Å². The first-order chi connectivity index (χ1) is 8.96. The molecule has 0 aliphatic carbocycles. The molecule has 0 amide bonds. The molecular formula is C12H24F3N3O. The maximum absolute atomic E-state index is 12.1. The summed E-state index contributed by atoms with van der Waals surface area (Å²) in [6.07, 6.45) is -3.48. The summed E-state index contributed by atoms with van der Waals surface area (Å²) < 4.78 is 42.0. The smallest absolute Gasteiger partial charge is 0.374 e. The van der Waals surface area contributed by atoms with Gasteiger partial charge in [-0.05, 0) is 25.8 Å². The molecule has 4 nitrogen and oxygen atoms in total. The molecule has 0 aromatic rings. The topological polar surface area (TPSA) is 50.5 Å². The molecule has 0 spiro atoms. The van der Waals surface area contributed by atoms with Gasteiger partial charge in [-0.1, -0.05) is 6.92 Å². The molecule has 1 heterocycles. The minimum absolute atomic E-state index is 0.0754. The third-order valence-corrected chi connectivity index (χ3v) is 3.36. The van der Waals surface area contributed by atoms with Crippen molar-refractivity contribution in [1.82, 2.24) is 10.3 Å². The zero-order valence-electron chi connectivity index (χ0n) is 11.4. The number of halogens is 3. The molecule has 2 atom stereocenters. The van der Waals surface area contributed by atoms with Gasteiger partial charge in [0.05, 0.1) is 12.7 Å². The number of nitrogens with one attached hydrogen (secondary N) is 1. The Morgan fingerprint density at radius 2 is 2.21 bits per heavy atom. The van der Waals surface area contributed by atoms with Crippen molar-refractivity contribution in [3.63, 3.8) is 0 Å². The summed E-state index contributed by atoms with van der Waals surface area (Å²) in [7, 11) is 0. The van der Waals surface area contributed by atoms with Crippen molar-refractivity contribution in [2.24, 2.45) is 5.84 Å². The molecule has 19 heavy (non-hydrogen) atoms. The zero-order chi connectivity index (χ0) is 14.3. The fraction of sp³-hybridized carbons (Fsp3) is 1.00. The molecule has 3 N–H and O–H groups in total. The Morgan fingerprint density at radius 3 is 2.79 bits per heavy atom. The quantitative estimate of drug-likeness (QED) is 0.551. The zero-order valence-corrected chi connectivity index (χ0v) is 11.4. The Morgan fingerprint density at radius 1 is 1.47 bits per heavy atom. The van der Waals surface area contributed by atoms with Crippen molar-refractivity contribution in [2.45, 2.75) is 50.9 Å². The number of morpholine rings is 1. The lowest BCUT2D eigenvalue weighted by atomic mass is 10.0. The van der Waals surface area contributed by atoms with Crippen LogP contribution in [0.3, 0.4) is 0 Å². The van der Waals surface area contributed by atoms with Crippen LogP contribution < -0.4 is 11.3 Å². The van der Waals surface area contributed by atoms with Gasteiger partial charge in [-0.15, -0.1) is 0 Å². The number of hydrogen-bond acceptors (Lipinski definition) is 4. The van der Waals surface area contributed by atoms with Gasteiger partial charge >= 0.3 is 6.18 Å². The molecule has 7 heteroatoms. The van der Waals surface area contributed by atoms with Crippen LogP contribution in [0.5, 0.6) is 0 Å². The standard InChI is InChI=1S/C12H24F3N3O/c1-2-6-18-7-8-19-11(9-18)10(17-16)4-3-5-12(13,14)15/h10-11,17H,2-9,16H2,1H3. The van der Waals surface area contributed by atoms with Crippen LogP contribution in [0.1, 0.15) is 32.6 Å². The number of hydrazine groups is 1. The second kappa shape index (κ2) is 8.04. The van der Waals surface area contributed by atoms with E-state index in [1.165, 1.54) is 0 Å². The highest BCUT2D eigenvalue weighted by Gasteiger charge is 2.30. The molecule has 1 saturated heterocycles. The van der Waals surface area contributed by atoms with Gasteiger partial charge in [0.2, 0.25) is 0 Å². The monoisotopic (exact) mass is 283 g/mol. The van der Waals surface area contributed by atoms with Crippen LogP contribution in [0.4, 0.5) is 13.2 Å². The van der Waals surface area contributed by atoms with Crippen LogP contribution in [0.15, 0.2) is 0 Å².